The Hall–Kier alpha value is -0.460. The van der Waals surface area contributed by atoms with Crippen molar-refractivity contribution >= 4 is 46.3 Å². The van der Waals surface area contributed by atoms with Crippen LogP contribution in [0.25, 0.3) is 11.0 Å². The molecular weight excluding hydrogens is 421 g/mol. The third-order valence-electron chi connectivity index (χ3n) is 3.75. The predicted molar refractivity (Wildman–Crippen MR) is 90.7 cm³/mol. The molecule has 0 aromatic carbocycles. The lowest BCUT2D eigenvalue weighted by Crippen LogP contribution is -2.33. The molecule has 9 heteroatoms. The van der Waals surface area contributed by atoms with Gasteiger partial charge in [0, 0.05) is 15.5 Å². The average molecular weight is 437 g/mol. The largest absolute Gasteiger partial charge is 0.394 e. The highest BCUT2D eigenvalue weighted by atomic mass is 127. The standard InChI is InChI=1S/C13H16IN3O4S/c1-5-15-7(4-22)9-6(14)2-17(12(9)16-5)13-11(20)10(19)8(3-18)21-13/h2,8,10-11,13,18-20,22H,3-4H2,1H3/t8-,10-,11-,13-/m1/s1. The number of aliphatic hydroxyl groups excluding tert-OH is 3. The first kappa shape index (κ1) is 16.4. The van der Waals surface area contributed by atoms with E-state index in [1.165, 1.54) is 0 Å². The lowest BCUT2D eigenvalue weighted by molar-refractivity contribution is -0.0509. The first-order valence-corrected chi connectivity index (χ1v) is 8.46. The van der Waals surface area contributed by atoms with Crippen molar-refractivity contribution in [1.82, 2.24) is 14.5 Å². The normalized spacial score (nSPS) is 28.6. The monoisotopic (exact) mass is 437 g/mol. The summed E-state index contributed by atoms with van der Waals surface area (Å²) in [6, 6.07) is 0. The van der Waals surface area contributed by atoms with Crippen LogP contribution in [0.4, 0.5) is 0 Å². The fourth-order valence-electron chi connectivity index (χ4n) is 2.71. The van der Waals surface area contributed by atoms with Crippen molar-refractivity contribution in [2.45, 2.75) is 37.2 Å². The predicted octanol–water partition coefficient (Wildman–Crippen LogP) is 0.386. The van der Waals surface area contributed by atoms with Crippen LogP contribution < -0.4 is 0 Å². The number of aryl methyl sites for hydroxylation is 1. The first-order valence-electron chi connectivity index (χ1n) is 6.74. The molecule has 1 aliphatic heterocycles. The number of aromatic nitrogens is 3. The summed E-state index contributed by atoms with van der Waals surface area (Å²) < 4.78 is 8.18. The second-order valence-corrected chi connectivity index (χ2v) is 6.67. The van der Waals surface area contributed by atoms with Crippen LogP contribution in [0, 0.1) is 10.5 Å². The van der Waals surface area contributed by atoms with Gasteiger partial charge in [0.25, 0.3) is 0 Å². The molecule has 1 aliphatic rings. The number of ether oxygens (including phenoxy) is 1. The second kappa shape index (κ2) is 6.21. The molecule has 0 aliphatic carbocycles. The van der Waals surface area contributed by atoms with E-state index < -0.39 is 24.5 Å². The molecule has 1 saturated heterocycles. The summed E-state index contributed by atoms with van der Waals surface area (Å²) in [5.74, 6) is 1.06. The van der Waals surface area contributed by atoms with Crippen LogP contribution in [0.3, 0.4) is 0 Å². The highest BCUT2D eigenvalue weighted by Crippen LogP contribution is 2.34. The maximum absolute atomic E-state index is 10.2. The molecule has 0 amide bonds. The Morgan fingerprint density at radius 2 is 2.09 bits per heavy atom. The van der Waals surface area contributed by atoms with Gasteiger partial charge in [-0.15, -0.1) is 0 Å². The van der Waals surface area contributed by atoms with Crippen molar-refractivity contribution in [3.8, 4) is 0 Å². The number of fused-ring (bicyclic) bond motifs is 1. The Morgan fingerprint density at radius 1 is 1.36 bits per heavy atom. The number of hydrogen-bond donors (Lipinski definition) is 4. The van der Waals surface area contributed by atoms with E-state index >= 15 is 0 Å². The van der Waals surface area contributed by atoms with Crippen molar-refractivity contribution in [3.63, 3.8) is 0 Å². The molecule has 3 N–H and O–H groups in total. The van der Waals surface area contributed by atoms with Crippen molar-refractivity contribution in [1.29, 1.82) is 0 Å². The molecule has 22 heavy (non-hydrogen) atoms. The lowest BCUT2D eigenvalue weighted by atomic mass is 10.1. The molecule has 0 bridgehead atoms. The highest BCUT2D eigenvalue weighted by molar-refractivity contribution is 14.1. The van der Waals surface area contributed by atoms with Crippen molar-refractivity contribution in [3.05, 3.63) is 21.3 Å². The maximum Gasteiger partial charge on any atom is 0.164 e. The third-order valence-corrected chi connectivity index (χ3v) is 4.87. The SMILES string of the molecule is Cc1nc(CS)c2c(I)cn([C@@H]3O[C@H](CO)[C@@H](O)[C@H]3O)c2n1. The number of nitrogens with zero attached hydrogens (tertiary/aromatic N) is 3. The molecule has 3 rings (SSSR count). The van der Waals surface area contributed by atoms with Gasteiger partial charge in [0.05, 0.1) is 17.7 Å². The molecule has 0 spiro atoms. The van der Waals surface area contributed by atoms with Gasteiger partial charge < -0.3 is 24.6 Å². The summed E-state index contributed by atoms with van der Waals surface area (Å²) in [7, 11) is 0. The topological polar surface area (TPSA) is 101 Å². The molecule has 2 aromatic heterocycles. The number of thiol groups is 1. The Labute approximate surface area is 145 Å². The molecule has 4 atom stereocenters. The van der Waals surface area contributed by atoms with Crippen LogP contribution in [-0.2, 0) is 10.5 Å². The van der Waals surface area contributed by atoms with Crippen LogP contribution in [0.15, 0.2) is 6.20 Å². The molecule has 2 aromatic rings. The number of halogens is 1. The maximum atomic E-state index is 10.2. The van der Waals surface area contributed by atoms with Crippen LogP contribution in [0.1, 0.15) is 17.7 Å². The van der Waals surface area contributed by atoms with Gasteiger partial charge in [-0.05, 0) is 29.5 Å². The Kier molecular flexibility index (Phi) is 4.63. The molecule has 1 fully saturated rings. The zero-order valence-electron chi connectivity index (χ0n) is 11.7. The van der Waals surface area contributed by atoms with Crippen LogP contribution in [0.5, 0.6) is 0 Å². The molecular formula is C13H16IN3O4S. The quantitative estimate of drug-likeness (QED) is 0.410. The van der Waals surface area contributed by atoms with Crippen molar-refractivity contribution in [2.24, 2.45) is 0 Å². The molecule has 0 radical (unpaired) electrons. The minimum absolute atomic E-state index is 0.360. The molecule has 7 nitrogen and oxygen atoms in total. The Balaban J connectivity index is 2.14. The van der Waals surface area contributed by atoms with Crippen LogP contribution in [-0.4, -0.2) is 54.8 Å². The zero-order chi connectivity index (χ0) is 16.0. The second-order valence-electron chi connectivity index (χ2n) is 5.19. The minimum Gasteiger partial charge on any atom is -0.394 e. The summed E-state index contributed by atoms with van der Waals surface area (Å²) in [5.41, 5.74) is 1.43. The van der Waals surface area contributed by atoms with E-state index in [1.54, 1.807) is 17.7 Å². The molecule has 3 heterocycles. The fourth-order valence-corrected chi connectivity index (χ4v) is 3.79. The van der Waals surface area contributed by atoms with Gasteiger partial charge >= 0.3 is 0 Å². The van der Waals surface area contributed by atoms with Crippen molar-refractivity contribution < 1.29 is 20.1 Å². The number of aliphatic hydroxyl groups is 3. The summed E-state index contributed by atoms with van der Waals surface area (Å²) in [5, 5.41) is 30.2. The van der Waals surface area contributed by atoms with E-state index in [1.807, 2.05) is 0 Å². The lowest BCUT2D eigenvalue weighted by Gasteiger charge is -2.17. The van der Waals surface area contributed by atoms with E-state index in [0.717, 1.165) is 14.7 Å². The van der Waals surface area contributed by atoms with E-state index in [-0.39, 0.29) is 6.61 Å². The van der Waals surface area contributed by atoms with Crippen molar-refractivity contribution in [2.75, 3.05) is 6.61 Å². The van der Waals surface area contributed by atoms with Gasteiger partial charge in [0.1, 0.15) is 29.8 Å². The first-order chi connectivity index (χ1) is 10.5. The van der Waals surface area contributed by atoms with E-state index in [4.69, 9.17) is 4.74 Å². The van der Waals surface area contributed by atoms with E-state index in [0.29, 0.717) is 17.2 Å². The van der Waals surface area contributed by atoms with Gasteiger partial charge in [-0.2, -0.15) is 12.6 Å². The van der Waals surface area contributed by atoms with Crippen LogP contribution >= 0.6 is 35.2 Å². The molecule has 0 saturated carbocycles. The summed E-state index contributed by atoms with van der Waals surface area (Å²) >= 11 is 6.47. The van der Waals surface area contributed by atoms with Gasteiger partial charge in [-0.1, -0.05) is 0 Å². The number of rotatable bonds is 3. The number of hydrogen-bond acceptors (Lipinski definition) is 7. The van der Waals surface area contributed by atoms with E-state index in [2.05, 4.69) is 45.2 Å². The summed E-state index contributed by atoms with van der Waals surface area (Å²) in [6.45, 7) is 1.43. The smallest absolute Gasteiger partial charge is 0.164 e. The third kappa shape index (κ3) is 2.53. The minimum atomic E-state index is -1.14. The zero-order valence-corrected chi connectivity index (χ0v) is 14.8. The van der Waals surface area contributed by atoms with Gasteiger partial charge in [0.15, 0.2) is 6.23 Å². The van der Waals surface area contributed by atoms with Gasteiger partial charge in [-0.25, -0.2) is 9.97 Å². The Morgan fingerprint density at radius 3 is 2.68 bits per heavy atom. The summed E-state index contributed by atoms with van der Waals surface area (Å²) in [6.07, 6.45) is -2.11. The van der Waals surface area contributed by atoms with E-state index in [9.17, 15) is 15.3 Å². The van der Waals surface area contributed by atoms with Gasteiger partial charge in [-0.3, -0.25) is 0 Å². The molecule has 120 valence electrons. The Bertz CT molecular complexity index is 710. The fraction of sp³-hybridized carbons (Fsp3) is 0.538. The van der Waals surface area contributed by atoms with Gasteiger partial charge in [0.2, 0.25) is 0 Å². The van der Waals surface area contributed by atoms with Crippen LogP contribution in [0.2, 0.25) is 0 Å². The average Bonchev–Trinajstić information content (AvgIpc) is 2.97. The summed E-state index contributed by atoms with van der Waals surface area (Å²) in [4.78, 5) is 8.83. The molecule has 0 unspecified atom stereocenters. The highest BCUT2D eigenvalue weighted by Gasteiger charge is 2.44.